The summed E-state index contributed by atoms with van der Waals surface area (Å²) in [6.45, 7) is 0.543. The highest BCUT2D eigenvalue weighted by Crippen LogP contribution is 2.32. The van der Waals surface area contributed by atoms with Gasteiger partial charge in [-0.05, 0) is 15.9 Å². The van der Waals surface area contributed by atoms with Crippen molar-refractivity contribution in [2.45, 2.75) is 6.54 Å². The maximum atomic E-state index is 11.6. The molecule has 0 saturated heterocycles. The van der Waals surface area contributed by atoms with Gasteiger partial charge in [0, 0.05) is 13.2 Å². The maximum absolute atomic E-state index is 11.6. The highest BCUT2D eigenvalue weighted by molar-refractivity contribution is 9.10. The Kier molecular flexibility index (Phi) is 2.04. The Bertz CT molecular complexity index is 394. The number of halogens is 2. The van der Waals surface area contributed by atoms with E-state index < -0.39 is 0 Å². The van der Waals surface area contributed by atoms with Crippen LogP contribution >= 0.6 is 27.5 Å². The molecule has 1 aromatic rings. The van der Waals surface area contributed by atoms with Crippen molar-refractivity contribution in [2.75, 3.05) is 7.05 Å². The van der Waals surface area contributed by atoms with Gasteiger partial charge < -0.3 is 4.90 Å². The molecule has 2 heterocycles. The predicted molar refractivity (Wildman–Crippen MR) is 52.7 cm³/mol. The molecule has 1 aliphatic rings. The highest BCUT2D eigenvalue weighted by atomic mass is 79.9. The second kappa shape index (κ2) is 2.96. The molecule has 3 nitrogen and oxygen atoms in total. The second-order valence-corrected chi connectivity index (χ2v) is 4.14. The summed E-state index contributed by atoms with van der Waals surface area (Å²) >= 11 is 9.20. The number of hydrogen-bond acceptors (Lipinski definition) is 2. The smallest absolute Gasteiger partial charge is 0.257 e. The van der Waals surface area contributed by atoms with Crippen molar-refractivity contribution in [3.63, 3.8) is 0 Å². The summed E-state index contributed by atoms with van der Waals surface area (Å²) in [6.07, 6.45) is 1.62. The summed E-state index contributed by atoms with van der Waals surface area (Å²) in [6, 6.07) is 0. The van der Waals surface area contributed by atoms with Crippen molar-refractivity contribution in [1.29, 1.82) is 0 Å². The molecule has 0 fully saturated rings. The third-order valence-corrected chi connectivity index (χ3v) is 3.22. The van der Waals surface area contributed by atoms with Gasteiger partial charge in [-0.3, -0.25) is 9.78 Å². The van der Waals surface area contributed by atoms with E-state index in [1.54, 1.807) is 18.1 Å². The number of carbonyl (C=O) groups excluding carboxylic acids is 1. The van der Waals surface area contributed by atoms with E-state index in [9.17, 15) is 4.79 Å². The Hall–Kier alpha value is -0.610. The topological polar surface area (TPSA) is 33.2 Å². The second-order valence-electron chi connectivity index (χ2n) is 2.90. The number of amides is 1. The van der Waals surface area contributed by atoms with Crippen LogP contribution in [0.1, 0.15) is 16.1 Å². The van der Waals surface area contributed by atoms with Gasteiger partial charge in [0.1, 0.15) is 0 Å². The lowest BCUT2D eigenvalue weighted by Gasteiger charge is -2.04. The minimum atomic E-state index is -0.0613. The largest absolute Gasteiger partial charge is 0.336 e. The molecule has 0 aliphatic carbocycles. The van der Waals surface area contributed by atoms with Crippen molar-refractivity contribution < 1.29 is 4.79 Å². The molecule has 0 spiro atoms. The highest BCUT2D eigenvalue weighted by Gasteiger charge is 2.29. The monoisotopic (exact) mass is 260 g/mol. The van der Waals surface area contributed by atoms with Crippen molar-refractivity contribution in [3.8, 4) is 0 Å². The standard InChI is InChI=1S/C8H6BrClN2O/c1-12-3-5-6(8(12)13)7(10)4(9)2-11-5/h2H,3H2,1H3. The van der Waals surface area contributed by atoms with Gasteiger partial charge in [-0.1, -0.05) is 11.6 Å². The normalized spacial score (nSPS) is 15.0. The molecular weight excluding hydrogens is 255 g/mol. The first-order valence-electron chi connectivity index (χ1n) is 3.69. The van der Waals surface area contributed by atoms with Crippen LogP contribution in [0.5, 0.6) is 0 Å². The molecule has 0 saturated carbocycles. The first-order chi connectivity index (χ1) is 6.11. The lowest BCUT2D eigenvalue weighted by molar-refractivity contribution is 0.0816. The van der Waals surface area contributed by atoms with E-state index in [-0.39, 0.29) is 5.91 Å². The Morgan fingerprint density at radius 1 is 1.69 bits per heavy atom. The van der Waals surface area contributed by atoms with Crippen LogP contribution in [0.4, 0.5) is 0 Å². The summed E-state index contributed by atoms with van der Waals surface area (Å²) in [5, 5.41) is 0.458. The van der Waals surface area contributed by atoms with E-state index in [1.807, 2.05) is 0 Å². The van der Waals surface area contributed by atoms with Crippen LogP contribution in [-0.4, -0.2) is 22.8 Å². The maximum Gasteiger partial charge on any atom is 0.257 e. The zero-order valence-electron chi connectivity index (χ0n) is 6.84. The number of rotatable bonds is 0. The van der Waals surface area contributed by atoms with Crippen molar-refractivity contribution in [3.05, 3.63) is 26.9 Å². The van der Waals surface area contributed by atoms with E-state index in [2.05, 4.69) is 20.9 Å². The molecular formula is C8H6BrClN2O. The van der Waals surface area contributed by atoms with Crippen LogP contribution in [0.25, 0.3) is 0 Å². The van der Waals surface area contributed by atoms with Crippen LogP contribution in [-0.2, 0) is 6.54 Å². The van der Waals surface area contributed by atoms with E-state index >= 15 is 0 Å². The van der Waals surface area contributed by atoms with Gasteiger partial charge >= 0.3 is 0 Å². The molecule has 1 aliphatic heterocycles. The van der Waals surface area contributed by atoms with Gasteiger partial charge in [-0.15, -0.1) is 0 Å². The zero-order chi connectivity index (χ0) is 9.59. The number of aromatic nitrogens is 1. The molecule has 13 heavy (non-hydrogen) atoms. The Morgan fingerprint density at radius 2 is 2.38 bits per heavy atom. The molecule has 0 radical (unpaired) electrons. The van der Waals surface area contributed by atoms with Gasteiger partial charge in [-0.25, -0.2) is 0 Å². The molecule has 5 heteroatoms. The predicted octanol–water partition coefficient (Wildman–Crippen LogP) is 2.08. The summed E-state index contributed by atoms with van der Waals surface area (Å²) in [5.74, 6) is -0.0613. The van der Waals surface area contributed by atoms with Crippen molar-refractivity contribution >= 4 is 33.4 Å². The number of pyridine rings is 1. The van der Waals surface area contributed by atoms with E-state index in [0.717, 1.165) is 5.69 Å². The summed E-state index contributed by atoms with van der Waals surface area (Å²) in [4.78, 5) is 17.3. The minimum Gasteiger partial charge on any atom is -0.336 e. The average molecular weight is 262 g/mol. The fraction of sp³-hybridized carbons (Fsp3) is 0.250. The number of carbonyl (C=O) groups is 1. The van der Waals surface area contributed by atoms with Crippen LogP contribution in [0.3, 0.4) is 0 Å². The van der Waals surface area contributed by atoms with Gasteiger partial charge in [0.05, 0.1) is 27.3 Å². The Balaban J connectivity index is 2.66. The molecule has 0 unspecified atom stereocenters. The van der Waals surface area contributed by atoms with Crippen LogP contribution < -0.4 is 0 Å². The number of fused-ring (bicyclic) bond motifs is 1. The van der Waals surface area contributed by atoms with E-state index in [4.69, 9.17) is 11.6 Å². The molecule has 68 valence electrons. The Morgan fingerprint density at radius 3 is 3.08 bits per heavy atom. The molecule has 2 rings (SSSR count). The summed E-state index contributed by atoms with van der Waals surface area (Å²) < 4.78 is 0.663. The molecule has 1 aromatic heterocycles. The third-order valence-electron chi connectivity index (χ3n) is 2.00. The minimum absolute atomic E-state index is 0.0613. The van der Waals surface area contributed by atoms with Gasteiger partial charge in [0.2, 0.25) is 0 Å². The number of hydrogen-bond donors (Lipinski definition) is 0. The fourth-order valence-corrected chi connectivity index (χ4v) is 1.87. The SMILES string of the molecule is CN1Cc2ncc(Br)c(Cl)c2C1=O. The first-order valence-corrected chi connectivity index (χ1v) is 4.86. The van der Waals surface area contributed by atoms with Crippen LogP contribution in [0.2, 0.25) is 5.02 Å². The number of nitrogens with zero attached hydrogens (tertiary/aromatic N) is 2. The quantitative estimate of drug-likeness (QED) is 0.716. The van der Waals surface area contributed by atoms with Crippen LogP contribution in [0.15, 0.2) is 10.7 Å². The van der Waals surface area contributed by atoms with Gasteiger partial charge in [-0.2, -0.15) is 0 Å². The van der Waals surface area contributed by atoms with E-state index in [0.29, 0.717) is 21.6 Å². The lowest BCUT2D eigenvalue weighted by Crippen LogP contribution is -2.17. The summed E-state index contributed by atoms with van der Waals surface area (Å²) in [5.41, 5.74) is 1.28. The summed E-state index contributed by atoms with van der Waals surface area (Å²) in [7, 11) is 1.73. The van der Waals surface area contributed by atoms with Crippen molar-refractivity contribution in [2.24, 2.45) is 0 Å². The molecule has 1 amide bonds. The Labute approximate surface area is 88.8 Å². The van der Waals surface area contributed by atoms with Crippen molar-refractivity contribution in [1.82, 2.24) is 9.88 Å². The lowest BCUT2D eigenvalue weighted by atomic mass is 10.2. The zero-order valence-corrected chi connectivity index (χ0v) is 9.18. The van der Waals surface area contributed by atoms with Gasteiger partial charge in [0.25, 0.3) is 5.91 Å². The average Bonchev–Trinajstić information content (AvgIpc) is 2.37. The molecule has 0 atom stereocenters. The third kappa shape index (κ3) is 1.25. The molecule has 0 N–H and O–H groups in total. The first kappa shape index (κ1) is 8.97. The van der Waals surface area contributed by atoms with Crippen LogP contribution in [0, 0.1) is 0 Å². The fourth-order valence-electron chi connectivity index (χ4n) is 1.33. The van der Waals surface area contributed by atoms with Gasteiger partial charge in [0.15, 0.2) is 0 Å². The molecule has 0 aromatic carbocycles. The molecule has 0 bridgehead atoms. The van der Waals surface area contributed by atoms with E-state index in [1.165, 1.54) is 0 Å².